The number of halogens is 4. The molecule has 2 unspecified atom stereocenters. The number of quaternary nitrogens is 1. The Morgan fingerprint density at radius 1 is 1.13 bits per heavy atom. The van der Waals surface area contributed by atoms with Gasteiger partial charge in [-0.2, -0.15) is 18.3 Å². The van der Waals surface area contributed by atoms with E-state index in [1.807, 2.05) is 41.9 Å². The van der Waals surface area contributed by atoms with Gasteiger partial charge in [-0.1, -0.05) is 18.2 Å². The molecule has 0 saturated heterocycles. The number of rotatable bonds is 1. The van der Waals surface area contributed by atoms with E-state index in [0.29, 0.717) is 11.6 Å². The van der Waals surface area contributed by atoms with E-state index in [1.165, 1.54) is 6.07 Å². The zero-order valence-corrected chi connectivity index (χ0v) is 17.1. The van der Waals surface area contributed by atoms with Crippen molar-refractivity contribution in [2.45, 2.75) is 32.0 Å². The SMILES string of the molecule is Cc1nn(-c2ccccc2)c2c1C1Nc3cc(C(F)(F)F)ccc3[NH2+]CC1CC2.[Cl-]. The first-order valence-electron chi connectivity index (χ1n) is 9.86. The van der Waals surface area contributed by atoms with Crippen molar-refractivity contribution >= 4 is 11.4 Å². The summed E-state index contributed by atoms with van der Waals surface area (Å²) in [6.45, 7) is 2.83. The zero-order chi connectivity index (χ0) is 20.2. The summed E-state index contributed by atoms with van der Waals surface area (Å²) in [4.78, 5) is 0. The number of anilines is 1. The summed E-state index contributed by atoms with van der Waals surface area (Å²) in [6, 6.07) is 13.9. The van der Waals surface area contributed by atoms with E-state index >= 15 is 0 Å². The Morgan fingerprint density at radius 2 is 1.90 bits per heavy atom. The van der Waals surface area contributed by atoms with E-state index in [-0.39, 0.29) is 18.4 Å². The van der Waals surface area contributed by atoms with Crippen LogP contribution in [0.2, 0.25) is 0 Å². The lowest BCUT2D eigenvalue weighted by molar-refractivity contribution is -0.577. The minimum absolute atomic E-state index is 0. The fourth-order valence-corrected chi connectivity index (χ4v) is 4.66. The van der Waals surface area contributed by atoms with Gasteiger partial charge >= 0.3 is 6.18 Å². The fourth-order valence-electron chi connectivity index (χ4n) is 4.66. The second-order valence-corrected chi connectivity index (χ2v) is 7.85. The minimum Gasteiger partial charge on any atom is -1.00 e. The molecule has 1 aromatic heterocycles. The van der Waals surface area contributed by atoms with Crippen LogP contribution in [0.1, 0.15) is 35.0 Å². The third-order valence-electron chi connectivity index (χ3n) is 6.07. The van der Waals surface area contributed by atoms with Crippen LogP contribution in [0.25, 0.3) is 5.69 Å². The third-order valence-corrected chi connectivity index (χ3v) is 6.07. The van der Waals surface area contributed by atoms with Gasteiger partial charge in [0.05, 0.1) is 35.2 Å². The molecule has 1 aliphatic heterocycles. The monoisotopic (exact) mass is 434 g/mol. The molecule has 0 bridgehead atoms. The van der Waals surface area contributed by atoms with Crippen LogP contribution in [-0.4, -0.2) is 16.3 Å². The number of aromatic nitrogens is 2. The Balaban J connectivity index is 0.00000218. The van der Waals surface area contributed by atoms with Gasteiger partial charge in [0.2, 0.25) is 0 Å². The van der Waals surface area contributed by atoms with Gasteiger partial charge in [-0.15, -0.1) is 0 Å². The molecule has 30 heavy (non-hydrogen) atoms. The molecule has 2 aliphatic rings. The fraction of sp³-hybridized carbons (Fsp3) is 0.318. The molecule has 0 radical (unpaired) electrons. The van der Waals surface area contributed by atoms with Crippen molar-refractivity contribution in [2.75, 3.05) is 11.9 Å². The average Bonchev–Trinajstić information content (AvgIpc) is 2.93. The van der Waals surface area contributed by atoms with Gasteiger partial charge in [0.15, 0.2) is 5.69 Å². The number of benzene rings is 2. The number of nitrogens with one attached hydrogen (secondary N) is 1. The van der Waals surface area contributed by atoms with Crippen molar-refractivity contribution in [3.05, 3.63) is 71.0 Å². The largest absolute Gasteiger partial charge is 1.00 e. The first-order valence-corrected chi connectivity index (χ1v) is 9.86. The molecule has 0 amide bonds. The van der Waals surface area contributed by atoms with Crippen LogP contribution >= 0.6 is 0 Å². The Labute approximate surface area is 178 Å². The predicted molar refractivity (Wildman–Crippen MR) is 104 cm³/mol. The molecule has 8 heteroatoms. The average molecular weight is 435 g/mol. The molecule has 5 rings (SSSR count). The highest BCUT2D eigenvalue weighted by Gasteiger charge is 2.39. The Morgan fingerprint density at radius 3 is 2.63 bits per heavy atom. The molecular formula is C22H22ClF3N4. The van der Waals surface area contributed by atoms with Gasteiger partial charge in [0.25, 0.3) is 0 Å². The van der Waals surface area contributed by atoms with Gasteiger partial charge in [0.1, 0.15) is 0 Å². The molecule has 2 heterocycles. The molecule has 4 nitrogen and oxygen atoms in total. The van der Waals surface area contributed by atoms with Crippen LogP contribution in [0.3, 0.4) is 0 Å². The van der Waals surface area contributed by atoms with Crippen LogP contribution in [0.4, 0.5) is 24.5 Å². The molecule has 0 spiro atoms. The van der Waals surface area contributed by atoms with Crippen molar-refractivity contribution in [3.63, 3.8) is 0 Å². The summed E-state index contributed by atoms with van der Waals surface area (Å²) < 4.78 is 41.7. The first kappa shape index (κ1) is 20.8. The number of fused-ring (bicyclic) bond motifs is 4. The first-order chi connectivity index (χ1) is 13.9. The number of hydrogen-bond acceptors (Lipinski definition) is 2. The molecule has 2 aromatic carbocycles. The Bertz CT molecular complexity index is 1060. The normalized spacial score (nSPS) is 20.1. The van der Waals surface area contributed by atoms with Gasteiger partial charge in [0, 0.05) is 23.2 Å². The number of nitrogens with zero attached hydrogens (tertiary/aromatic N) is 2. The maximum atomic E-state index is 13.2. The van der Waals surface area contributed by atoms with E-state index in [2.05, 4.69) is 10.6 Å². The van der Waals surface area contributed by atoms with Crippen LogP contribution in [0.5, 0.6) is 0 Å². The highest BCUT2D eigenvalue weighted by Crippen LogP contribution is 2.42. The van der Waals surface area contributed by atoms with Gasteiger partial charge in [-0.05, 0) is 44.0 Å². The Kier molecular flexibility index (Phi) is 5.28. The topological polar surface area (TPSA) is 46.5 Å². The number of para-hydroxylation sites is 1. The summed E-state index contributed by atoms with van der Waals surface area (Å²) in [7, 11) is 0. The molecule has 0 fully saturated rings. The van der Waals surface area contributed by atoms with Gasteiger partial charge in [-0.25, -0.2) is 4.68 Å². The number of nitrogens with two attached hydrogens (primary N) is 1. The summed E-state index contributed by atoms with van der Waals surface area (Å²) in [6.07, 6.45) is -2.47. The van der Waals surface area contributed by atoms with Crippen molar-refractivity contribution in [1.29, 1.82) is 0 Å². The molecule has 0 saturated carbocycles. The maximum absolute atomic E-state index is 13.2. The van der Waals surface area contributed by atoms with Gasteiger partial charge in [-0.3, -0.25) is 0 Å². The van der Waals surface area contributed by atoms with Crippen molar-refractivity contribution in [2.24, 2.45) is 5.92 Å². The standard InChI is InChI=1S/C22H21F3N4.ClH/c1-13-20-19(29(28-13)16-5-3-2-4-6-16)10-7-14-12-26-17-9-8-15(22(23,24)25)11-18(17)27-21(14)20;/h2-6,8-9,11,14,21,26-27H,7,10,12H2,1H3;1H. The van der Waals surface area contributed by atoms with Crippen molar-refractivity contribution in [3.8, 4) is 5.69 Å². The minimum atomic E-state index is -4.35. The second kappa shape index (κ2) is 7.63. The summed E-state index contributed by atoms with van der Waals surface area (Å²) >= 11 is 0. The van der Waals surface area contributed by atoms with E-state index < -0.39 is 11.7 Å². The van der Waals surface area contributed by atoms with E-state index in [1.54, 1.807) is 6.07 Å². The van der Waals surface area contributed by atoms with Crippen LogP contribution in [0.15, 0.2) is 48.5 Å². The van der Waals surface area contributed by atoms with Crippen molar-refractivity contribution < 1.29 is 30.9 Å². The van der Waals surface area contributed by atoms with Crippen LogP contribution < -0.4 is 23.0 Å². The molecule has 3 N–H and O–H groups in total. The van der Waals surface area contributed by atoms with E-state index in [9.17, 15) is 13.2 Å². The lowest BCUT2D eigenvalue weighted by Gasteiger charge is -2.30. The second-order valence-electron chi connectivity index (χ2n) is 7.85. The predicted octanol–water partition coefficient (Wildman–Crippen LogP) is 1.13. The van der Waals surface area contributed by atoms with E-state index in [4.69, 9.17) is 5.10 Å². The molecular weight excluding hydrogens is 413 g/mol. The van der Waals surface area contributed by atoms with Crippen LogP contribution in [-0.2, 0) is 12.6 Å². The maximum Gasteiger partial charge on any atom is 0.416 e. The van der Waals surface area contributed by atoms with Gasteiger partial charge < -0.3 is 23.0 Å². The lowest BCUT2D eigenvalue weighted by atomic mass is 9.81. The molecule has 3 aromatic rings. The number of aryl methyl sites for hydroxylation is 1. The van der Waals surface area contributed by atoms with Crippen molar-refractivity contribution in [1.82, 2.24) is 9.78 Å². The van der Waals surface area contributed by atoms with E-state index in [0.717, 1.165) is 53.8 Å². The third kappa shape index (κ3) is 3.46. The summed E-state index contributed by atoms with van der Waals surface area (Å²) in [5.74, 6) is 0.330. The zero-order valence-electron chi connectivity index (χ0n) is 16.4. The smallest absolute Gasteiger partial charge is 0.416 e. The summed E-state index contributed by atoms with van der Waals surface area (Å²) in [5, 5.41) is 10.3. The Hall–Kier alpha value is -2.51. The summed E-state index contributed by atoms with van der Waals surface area (Å²) in [5.41, 5.74) is 4.98. The highest BCUT2D eigenvalue weighted by molar-refractivity contribution is 5.64. The van der Waals surface area contributed by atoms with Crippen LogP contribution in [0, 0.1) is 12.8 Å². The lowest BCUT2D eigenvalue weighted by Crippen LogP contribution is -3.00. The molecule has 158 valence electrons. The molecule has 1 aliphatic carbocycles. The quantitative estimate of drug-likeness (QED) is 0.564. The number of hydrogen-bond donors (Lipinski definition) is 2. The molecule has 2 atom stereocenters. The number of alkyl halides is 3. The highest BCUT2D eigenvalue weighted by atomic mass is 35.5.